The van der Waals surface area contributed by atoms with Gasteiger partial charge in [0.15, 0.2) is 0 Å². The molecule has 1 atom stereocenters. The molecule has 0 aliphatic rings. The van der Waals surface area contributed by atoms with Crippen LogP contribution in [-0.4, -0.2) is 50.5 Å². The fourth-order valence-corrected chi connectivity index (χ4v) is 5.56. The molecule has 1 N–H and O–H groups in total. The van der Waals surface area contributed by atoms with E-state index in [4.69, 9.17) is 34.8 Å². The van der Waals surface area contributed by atoms with Gasteiger partial charge in [-0.1, -0.05) is 103 Å². The summed E-state index contributed by atoms with van der Waals surface area (Å²) < 4.78 is 26.7. The second-order valence-corrected chi connectivity index (χ2v) is 12.9. The Morgan fingerprint density at radius 1 is 0.875 bits per heavy atom. The van der Waals surface area contributed by atoms with Crippen LogP contribution in [0.1, 0.15) is 25.0 Å². The van der Waals surface area contributed by atoms with E-state index in [1.54, 1.807) is 30.3 Å². The molecule has 0 unspecified atom stereocenters. The van der Waals surface area contributed by atoms with Gasteiger partial charge in [-0.15, -0.1) is 0 Å². The van der Waals surface area contributed by atoms with Crippen molar-refractivity contribution >= 4 is 62.3 Å². The van der Waals surface area contributed by atoms with Crippen molar-refractivity contribution in [3.63, 3.8) is 0 Å². The number of carbonyl (C=O) groups excluding carboxylic acids is 2. The third-order valence-electron chi connectivity index (χ3n) is 6.13. The molecule has 40 heavy (non-hydrogen) atoms. The van der Waals surface area contributed by atoms with Gasteiger partial charge in [0.25, 0.3) is 0 Å². The number of nitrogens with zero attached hydrogens (tertiary/aromatic N) is 2. The molecule has 0 bridgehead atoms. The Morgan fingerprint density at radius 3 is 2.12 bits per heavy atom. The quantitative estimate of drug-likeness (QED) is 0.275. The van der Waals surface area contributed by atoms with Crippen molar-refractivity contribution in [2.75, 3.05) is 23.7 Å². The predicted molar refractivity (Wildman–Crippen MR) is 162 cm³/mol. The Kier molecular flexibility index (Phi) is 11.3. The summed E-state index contributed by atoms with van der Waals surface area (Å²) in [6.45, 7) is 3.72. The average molecular weight is 625 g/mol. The van der Waals surface area contributed by atoms with E-state index in [1.165, 1.54) is 17.0 Å². The summed E-state index contributed by atoms with van der Waals surface area (Å²) in [7, 11) is -3.98. The molecule has 3 rings (SSSR count). The maximum absolute atomic E-state index is 14.1. The average Bonchev–Trinajstić information content (AvgIpc) is 2.90. The summed E-state index contributed by atoms with van der Waals surface area (Å²) >= 11 is 19.0. The monoisotopic (exact) mass is 623 g/mol. The van der Waals surface area contributed by atoms with Crippen molar-refractivity contribution in [2.24, 2.45) is 5.92 Å². The minimum absolute atomic E-state index is 0.00411. The number of anilines is 1. The first-order valence-electron chi connectivity index (χ1n) is 12.6. The lowest BCUT2D eigenvalue weighted by molar-refractivity contribution is -0.140. The van der Waals surface area contributed by atoms with Gasteiger partial charge < -0.3 is 10.2 Å². The molecule has 2 amide bonds. The molecule has 0 aliphatic carbocycles. The summed E-state index contributed by atoms with van der Waals surface area (Å²) in [4.78, 5) is 29.1. The Bertz CT molecular complexity index is 1440. The van der Waals surface area contributed by atoms with Crippen LogP contribution in [-0.2, 0) is 32.6 Å². The van der Waals surface area contributed by atoms with E-state index in [1.807, 2.05) is 44.2 Å². The van der Waals surface area contributed by atoms with Crippen LogP contribution in [0.25, 0.3) is 0 Å². The molecule has 0 saturated carbocycles. The number of hydrogen-bond donors (Lipinski definition) is 1. The highest BCUT2D eigenvalue weighted by atomic mass is 35.5. The number of sulfonamides is 1. The topological polar surface area (TPSA) is 86.8 Å². The molecule has 7 nitrogen and oxygen atoms in total. The maximum atomic E-state index is 14.1. The number of halogens is 3. The van der Waals surface area contributed by atoms with Gasteiger partial charge in [-0.3, -0.25) is 13.9 Å². The summed E-state index contributed by atoms with van der Waals surface area (Å²) in [6, 6.07) is 19.9. The van der Waals surface area contributed by atoms with Crippen LogP contribution in [0.4, 0.5) is 5.69 Å². The molecule has 3 aromatic rings. The van der Waals surface area contributed by atoms with Gasteiger partial charge in [0.05, 0.1) is 22.0 Å². The summed E-state index contributed by atoms with van der Waals surface area (Å²) in [5.41, 5.74) is 1.51. The first kappa shape index (κ1) is 31.7. The fraction of sp³-hybridized carbons (Fsp3) is 0.310. The van der Waals surface area contributed by atoms with Crippen molar-refractivity contribution in [2.45, 2.75) is 32.9 Å². The highest BCUT2D eigenvalue weighted by molar-refractivity contribution is 7.92. The number of rotatable bonds is 12. The summed E-state index contributed by atoms with van der Waals surface area (Å²) in [5, 5.41) is 3.49. The zero-order valence-electron chi connectivity index (χ0n) is 22.5. The molecular weight excluding hydrogens is 593 g/mol. The minimum Gasteiger partial charge on any atom is -0.354 e. The van der Waals surface area contributed by atoms with Gasteiger partial charge >= 0.3 is 0 Å². The number of nitrogens with one attached hydrogen (secondary N) is 1. The van der Waals surface area contributed by atoms with Gasteiger partial charge in [-0.25, -0.2) is 8.42 Å². The van der Waals surface area contributed by atoms with Crippen LogP contribution in [0.2, 0.25) is 15.1 Å². The molecule has 0 aliphatic heterocycles. The third-order valence-corrected chi connectivity index (χ3v) is 8.44. The van der Waals surface area contributed by atoms with Gasteiger partial charge in [-0.2, -0.15) is 0 Å². The molecule has 0 radical (unpaired) electrons. The third kappa shape index (κ3) is 8.61. The number of amides is 2. The van der Waals surface area contributed by atoms with E-state index in [0.29, 0.717) is 17.1 Å². The number of carbonyl (C=O) groups is 2. The van der Waals surface area contributed by atoms with Crippen molar-refractivity contribution in [1.82, 2.24) is 10.2 Å². The van der Waals surface area contributed by atoms with Crippen LogP contribution < -0.4 is 9.62 Å². The Balaban J connectivity index is 2.08. The van der Waals surface area contributed by atoms with Crippen LogP contribution in [0.5, 0.6) is 0 Å². The zero-order chi connectivity index (χ0) is 29.4. The van der Waals surface area contributed by atoms with E-state index in [0.717, 1.165) is 16.1 Å². The lowest BCUT2D eigenvalue weighted by Gasteiger charge is -2.34. The molecule has 0 saturated heterocycles. The lowest BCUT2D eigenvalue weighted by atomic mass is 10.0. The zero-order valence-corrected chi connectivity index (χ0v) is 25.6. The minimum atomic E-state index is -3.98. The van der Waals surface area contributed by atoms with Crippen LogP contribution >= 0.6 is 34.8 Å². The Hall–Kier alpha value is -2.78. The molecule has 0 spiro atoms. The van der Waals surface area contributed by atoms with Gasteiger partial charge in [0.1, 0.15) is 12.6 Å². The summed E-state index contributed by atoms with van der Waals surface area (Å²) in [6.07, 6.45) is 1.18. The molecular formula is C29H32Cl3N3O4S. The molecule has 0 heterocycles. The van der Waals surface area contributed by atoms with Crippen molar-refractivity contribution < 1.29 is 18.0 Å². The normalized spacial score (nSPS) is 12.2. The van der Waals surface area contributed by atoms with Crippen molar-refractivity contribution in [1.29, 1.82) is 0 Å². The van der Waals surface area contributed by atoms with E-state index in [9.17, 15) is 18.0 Å². The molecule has 0 aromatic heterocycles. The number of benzene rings is 3. The smallest absolute Gasteiger partial charge is 0.244 e. The first-order valence-corrected chi connectivity index (χ1v) is 15.6. The second-order valence-electron chi connectivity index (χ2n) is 9.80. The van der Waals surface area contributed by atoms with Crippen LogP contribution in [0.15, 0.2) is 72.8 Å². The van der Waals surface area contributed by atoms with E-state index in [-0.39, 0.29) is 40.5 Å². The van der Waals surface area contributed by atoms with Gasteiger partial charge in [0.2, 0.25) is 21.8 Å². The Labute approximate surface area is 251 Å². The van der Waals surface area contributed by atoms with Crippen molar-refractivity contribution in [3.05, 3.63) is 99.0 Å². The van der Waals surface area contributed by atoms with Gasteiger partial charge in [-0.05, 0) is 35.2 Å². The highest BCUT2D eigenvalue weighted by Gasteiger charge is 2.34. The van der Waals surface area contributed by atoms with Crippen LogP contribution in [0.3, 0.4) is 0 Å². The SMILES string of the molecule is CC(C)CNC(=O)[C@H](Cc1ccccc1)N(Cc1ccccc1Cl)C(=O)CN(c1cccc(Cl)c1Cl)S(C)(=O)=O. The maximum Gasteiger partial charge on any atom is 0.244 e. The second kappa shape index (κ2) is 14.2. The van der Waals surface area contributed by atoms with E-state index >= 15 is 0 Å². The number of hydrogen-bond acceptors (Lipinski definition) is 4. The molecule has 11 heteroatoms. The fourth-order valence-electron chi connectivity index (χ4n) is 4.07. The van der Waals surface area contributed by atoms with Gasteiger partial charge in [0, 0.05) is 24.5 Å². The first-order chi connectivity index (χ1) is 18.9. The lowest BCUT2D eigenvalue weighted by Crippen LogP contribution is -2.53. The van der Waals surface area contributed by atoms with Crippen LogP contribution in [0, 0.1) is 5.92 Å². The Morgan fingerprint density at radius 2 is 1.50 bits per heavy atom. The highest BCUT2D eigenvalue weighted by Crippen LogP contribution is 2.34. The largest absolute Gasteiger partial charge is 0.354 e. The standard InChI is InChI=1S/C29H32Cl3N3O4S/c1-20(2)17-33-29(37)26(16-21-10-5-4-6-11-21)34(18-22-12-7-8-13-23(22)30)27(36)19-35(40(3,38)39)25-15-9-14-24(31)28(25)32/h4-15,20,26H,16-19H2,1-3H3,(H,33,37)/t26-/m0/s1. The predicted octanol–water partition coefficient (Wildman–Crippen LogP) is 5.83. The molecule has 0 fully saturated rings. The van der Waals surface area contributed by atoms with E-state index < -0.39 is 28.5 Å². The van der Waals surface area contributed by atoms with Crippen molar-refractivity contribution in [3.8, 4) is 0 Å². The molecule has 3 aromatic carbocycles. The van der Waals surface area contributed by atoms with E-state index in [2.05, 4.69) is 5.32 Å². The molecule has 214 valence electrons. The summed E-state index contributed by atoms with van der Waals surface area (Å²) in [5.74, 6) is -0.786.